The Morgan fingerprint density at radius 1 is 1.19 bits per heavy atom. The standard InChI is InChI=1S/C15H12BrN3OS/c16-12-8-10(5-6-11(12)15(17)19-20)21-14-7-9-3-1-2-4-13(9)18-14/h1-8,18,20H,(H2,17,19). The maximum Gasteiger partial charge on any atom is 0.171 e. The molecule has 0 radical (unpaired) electrons. The van der Waals surface area contributed by atoms with Crippen LogP contribution in [0.3, 0.4) is 0 Å². The molecule has 1 heterocycles. The second-order valence-corrected chi connectivity index (χ2v) is 6.42. The minimum atomic E-state index is 0.0871. The van der Waals surface area contributed by atoms with Gasteiger partial charge in [-0.2, -0.15) is 0 Å². The summed E-state index contributed by atoms with van der Waals surface area (Å²) < 4.78 is 0.791. The van der Waals surface area contributed by atoms with Gasteiger partial charge in [-0.25, -0.2) is 0 Å². The van der Waals surface area contributed by atoms with Gasteiger partial charge in [-0.1, -0.05) is 35.1 Å². The van der Waals surface area contributed by atoms with Crippen LogP contribution in [0.5, 0.6) is 0 Å². The van der Waals surface area contributed by atoms with Crippen molar-refractivity contribution in [2.24, 2.45) is 10.9 Å². The number of fused-ring (bicyclic) bond motifs is 1. The van der Waals surface area contributed by atoms with Gasteiger partial charge in [-0.3, -0.25) is 0 Å². The third-order valence-corrected chi connectivity index (χ3v) is 4.64. The number of H-pyrrole nitrogens is 1. The molecule has 0 spiro atoms. The maximum absolute atomic E-state index is 8.73. The first kappa shape index (κ1) is 14.0. The maximum atomic E-state index is 8.73. The lowest BCUT2D eigenvalue weighted by Gasteiger charge is -2.05. The highest BCUT2D eigenvalue weighted by Gasteiger charge is 2.08. The van der Waals surface area contributed by atoms with Crippen molar-refractivity contribution in [3.8, 4) is 0 Å². The van der Waals surface area contributed by atoms with Crippen LogP contribution in [-0.4, -0.2) is 16.0 Å². The van der Waals surface area contributed by atoms with E-state index in [-0.39, 0.29) is 5.84 Å². The van der Waals surface area contributed by atoms with Crippen molar-refractivity contribution >= 4 is 44.4 Å². The molecule has 4 N–H and O–H groups in total. The Bertz CT molecular complexity index is 796. The molecule has 6 heteroatoms. The molecule has 3 rings (SSSR count). The fourth-order valence-electron chi connectivity index (χ4n) is 2.05. The van der Waals surface area contributed by atoms with Crippen LogP contribution in [-0.2, 0) is 0 Å². The van der Waals surface area contributed by atoms with E-state index in [0.717, 1.165) is 19.9 Å². The van der Waals surface area contributed by atoms with Crippen molar-refractivity contribution in [3.05, 3.63) is 58.6 Å². The van der Waals surface area contributed by atoms with E-state index in [1.54, 1.807) is 11.8 Å². The first-order valence-corrected chi connectivity index (χ1v) is 7.81. The van der Waals surface area contributed by atoms with Gasteiger partial charge in [0.25, 0.3) is 0 Å². The summed E-state index contributed by atoms with van der Waals surface area (Å²) in [6.07, 6.45) is 0. The molecule has 106 valence electrons. The fourth-order valence-corrected chi connectivity index (χ4v) is 3.70. The van der Waals surface area contributed by atoms with E-state index >= 15 is 0 Å². The number of nitrogens with two attached hydrogens (primary N) is 1. The average molecular weight is 362 g/mol. The number of nitrogens with one attached hydrogen (secondary N) is 1. The summed E-state index contributed by atoms with van der Waals surface area (Å²) in [5, 5.41) is 14.0. The van der Waals surface area contributed by atoms with E-state index in [0.29, 0.717) is 5.56 Å². The van der Waals surface area contributed by atoms with Crippen molar-refractivity contribution in [1.29, 1.82) is 0 Å². The van der Waals surface area contributed by atoms with Gasteiger partial charge in [0.2, 0.25) is 0 Å². The van der Waals surface area contributed by atoms with Gasteiger partial charge in [0.1, 0.15) is 0 Å². The number of aromatic amines is 1. The highest BCUT2D eigenvalue weighted by Crippen LogP contribution is 2.32. The van der Waals surface area contributed by atoms with Gasteiger partial charge in [0, 0.05) is 25.8 Å². The Balaban J connectivity index is 1.89. The van der Waals surface area contributed by atoms with Crippen molar-refractivity contribution in [1.82, 2.24) is 4.98 Å². The van der Waals surface area contributed by atoms with Gasteiger partial charge in [-0.05, 0) is 46.3 Å². The summed E-state index contributed by atoms with van der Waals surface area (Å²) in [5.41, 5.74) is 7.39. The van der Waals surface area contributed by atoms with Gasteiger partial charge in [0.15, 0.2) is 5.84 Å². The number of halogens is 1. The number of hydrogen-bond acceptors (Lipinski definition) is 3. The smallest absolute Gasteiger partial charge is 0.171 e. The highest BCUT2D eigenvalue weighted by molar-refractivity contribution is 9.10. The molecule has 0 aliphatic heterocycles. The monoisotopic (exact) mass is 361 g/mol. The average Bonchev–Trinajstić information content (AvgIpc) is 2.88. The van der Waals surface area contributed by atoms with Gasteiger partial charge in [0.05, 0.1) is 5.03 Å². The molecule has 4 nitrogen and oxygen atoms in total. The van der Waals surface area contributed by atoms with Crippen LogP contribution in [0.15, 0.2) is 68.1 Å². The molecule has 2 aromatic carbocycles. The van der Waals surface area contributed by atoms with Crippen LogP contribution in [0.4, 0.5) is 0 Å². The van der Waals surface area contributed by atoms with Crippen LogP contribution in [0.25, 0.3) is 10.9 Å². The second kappa shape index (κ2) is 5.83. The summed E-state index contributed by atoms with van der Waals surface area (Å²) >= 11 is 5.07. The number of oxime groups is 1. The number of para-hydroxylation sites is 1. The lowest BCUT2D eigenvalue weighted by atomic mass is 10.2. The second-order valence-electron chi connectivity index (χ2n) is 4.45. The number of benzene rings is 2. The molecule has 3 aromatic rings. The highest BCUT2D eigenvalue weighted by atomic mass is 79.9. The predicted octanol–water partition coefficient (Wildman–Crippen LogP) is 4.18. The Hall–Kier alpha value is -1.92. The molecule has 0 bridgehead atoms. The Morgan fingerprint density at radius 2 is 2.00 bits per heavy atom. The van der Waals surface area contributed by atoms with E-state index in [1.165, 1.54) is 5.39 Å². The van der Waals surface area contributed by atoms with E-state index in [1.807, 2.05) is 30.3 Å². The summed E-state index contributed by atoms with van der Waals surface area (Å²) in [4.78, 5) is 4.43. The zero-order chi connectivity index (χ0) is 14.8. The normalized spacial score (nSPS) is 12.0. The Labute approximate surface area is 134 Å². The quantitative estimate of drug-likeness (QED) is 0.283. The van der Waals surface area contributed by atoms with E-state index in [2.05, 4.69) is 44.3 Å². The molecule has 0 saturated carbocycles. The predicted molar refractivity (Wildman–Crippen MR) is 89.1 cm³/mol. The topological polar surface area (TPSA) is 74.4 Å². The molecule has 1 aromatic heterocycles. The number of aromatic nitrogens is 1. The van der Waals surface area contributed by atoms with E-state index in [4.69, 9.17) is 10.9 Å². The molecule has 0 saturated heterocycles. The van der Waals surface area contributed by atoms with Crippen molar-refractivity contribution in [3.63, 3.8) is 0 Å². The number of amidine groups is 1. The molecule has 0 fully saturated rings. The number of hydrogen-bond donors (Lipinski definition) is 3. The van der Waals surface area contributed by atoms with Gasteiger partial charge in [-0.15, -0.1) is 0 Å². The first-order valence-electron chi connectivity index (χ1n) is 6.20. The SMILES string of the molecule is N/C(=N/O)c1ccc(Sc2cc3ccccc3[nH]2)cc1Br. The lowest BCUT2D eigenvalue weighted by Crippen LogP contribution is -2.13. The van der Waals surface area contributed by atoms with Crippen LogP contribution in [0.2, 0.25) is 0 Å². The Kier molecular flexibility index (Phi) is 3.90. The molecule has 0 amide bonds. The molecule has 0 unspecified atom stereocenters. The molecular formula is C15H12BrN3OS. The zero-order valence-corrected chi connectivity index (χ0v) is 13.3. The van der Waals surface area contributed by atoms with Crippen LogP contribution in [0, 0.1) is 0 Å². The summed E-state index contributed by atoms with van der Waals surface area (Å²) in [6.45, 7) is 0. The van der Waals surface area contributed by atoms with Gasteiger partial charge < -0.3 is 15.9 Å². The lowest BCUT2D eigenvalue weighted by molar-refractivity contribution is 0.318. The van der Waals surface area contributed by atoms with Crippen molar-refractivity contribution < 1.29 is 5.21 Å². The van der Waals surface area contributed by atoms with Crippen molar-refractivity contribution in [2.75, 3.05) is 0 Å². The number of rotatable bonds is 3. The molecule has 21 heavy (non-hydrogen) atoms. The molecule has 0 atom stereocenters. The minimum Gasteiger partial charge on any atom is -0.409 e. The number of nitrogens with zero attached hydrogens (tertiary/aromatic N) is 1. The summed E-state index contributed by atoms with van der Waals surface area (Å²) in [7, 11) is 0. The first-order chi connectivity index (χ1) is 10.2. The molecular weight excluding hydrogens is 350 g/mol. The summed E-state index contributed by atoms with van der Waals surface area (Å²) in [6, 6.07) is 16.0. The van der Waals surface area contributed by atoms with Crippen molar-refractivity contribution in [2.45, 2.75) is 9.92 Å². The van der Waals surface area contributed by atoms with Gasteiger partial charge >= 0.3 is 0 Å². The molecule has 0 aliphatic carbocycles. The molecule has 0 aliphatic rings. The fraction of sp³-hybridized carbons (Fsp3) is 0. The van der Waals surface area contributed by atoms with Crippen LogP contribution < -0.4 is 5.73 Å². The van der Waals surface area contributed by atoms with Crippen LogP contribution >= 0.6 is 27.7 Å². The third-order valence-electron chi connectivity index (χ3n) is 3.06. The minimum absolute atomic E-state index is 0.0871. The van der Waals surface area contributed by atoms with Crippen LogP contribution in [0.1, 0.15) is 5.56 Å². The van der Waals surface area contributed by atoms with E-state index < -0.39 is 0 Å². The zero-order valence-electron chi connectivity index (χ0n) is 10.9. The largest absolute Gasteiger partial charge is 0.409 e. The van der Waals surface area contributed by atoms with E-state index in [9.17, 15) is 0 Å². The Morgan fingerprint density at radius 3 is 2.71 bits per heavy atom. The summed E-state index contributed by atoms with van der Waals surface area (Å²) in [5.74, 6) is 0.0871. The third kappa shape index (κ3) is 2.91.